The topological polar surface area (TPSA) is 29.1 Å². The molecule has 94 valence electrons. The highest BCUT2D eigenvalue weighted by Crippen LogP contribution is 2.11. The molecule has 0 radical (unpaired) electrons. The van der Waals surface area contributed by atoms with E-state index in [-0.39, 0.29) is 5.92 Å². The van der Waals surface area contributed by atoms with Crippen molar-refractivity contribution in [2.45, 2.75) is 34.1 Å². The van der Waals surface area contributed by atoms with Gasteiger partial charge in [0, 0.05) is 18.9 Å². The third-order valence-corrected chi connectivity index (χ3v) is 2.91. The van der Waals surface area contributed by atoms with Crippen molar-refractivity contribution in [1.29, 1.82) is 0 Å². The number of nitrogens with one attached hydrogen (secondary N) is 1. The second-order valence-electron chi connectivity index (χ2n) is 4.85. The Morgan fingerprint density at radius 3 is 2.35 bits per heavy atom. The third-order valence-electron chi connectivity index (χ3n) is 2.91. The van der Waals surface area contributed by atoms with Crippen LogP contribution in [0.3, 0.4) is 0 Å². The van der Waals surface area contributed by atoms with E-state index in [1.54, 1.807) is 0 Å². The van der Waals surface area contributed by atoms with Gasteiger partial charge in [0.25, 0.3) is 0 Å². The maximum Gasteiger partial charge on any atom is 0.141 e. The third kappa shape index (κ3) is 4.70. The molecular weight excluding hydrogens is 210 g/mol. The molecule has 17 heavy (non-hydrogen) atoms. The minimum atomic E-state index is 0.0933. The Morgan fingerprint density at radius 1 is 1.24 bits per heavy atom. The molecule has 0 aliphatic carbocycles. The predicted octanol–water partition coefficient (Wildman–Crippen LogP) is 2.66. The van der Waals surface area contributed by atoms with Crippen molar-refractivity contribution < 1.29 is 4.79 Å². The van der Waals surface area contributed by atoms with Crippen LogP contribution in [0.15, 0.2) is 18.2 Å². The van der Waals surface area contributed by atoms with Crippen LogP contribution in [0.4, 0.5) is 0 Å². The number of benzene rings is 1. The Morgan fingerprint density at radius 2 is 1.82 bits per heavy atom. The predicted molar refractivity (Wildman–Crippen MR) is 72.3 cm³/mol. The van der Waals surface area contributed by atoms with Crippen LogP contribution < -0.4 is 5.32 Å². The molecule has 0 spiro atoms. The van der Waals surface area contributed by atoms with E-state index < -0.39 is 0 Å². The van der Waals surface area contributed by atoms with Gasteiger partial charge in [-0.1, -0.05) is 43.2 Å². The van der Waals surface area contributed by atoms with Crippen LogP contribution in [-0.2, 0) is 11.2 Å². The Balaban J connectivity index is 2.61. The van der Waals surface area contributed by atoms with Crippen LogP contribution in [0.5, 0.6) is 0 Å². The zero-order chi connectivity index (χ0) is 12.8. The number of aryl methyl sites for hydroxylation is 2. The smallest absolute Gasteiger partial charge is 0.141 e. The summed E-state index contributed by atoms with van der Waals surface area (Å²) in [6, 6.07) is 6.34. The van der Waals surface area contributed by atoms with Gasteiger partial charge in [-0.3, -0.25) is 4.79 Å². The second-order valence-corrected chi connectivity index (χ2v) is 4.85. The fraction of sp³-hybridized carbons (Fsp3) is 0.533. The minimum absolute atomic E-state index is 0.0933. The zero-order valence-electron chi connectivity index (χ0n) is 11.3. The Bertz CT molecular complexity index is 364. The van der Waals surface area contributed by atoms with Gasteiger partial charge in [-0.25, -0.2) is 0 Å². The van der Waals surface area contributed by atoms with E-state index in [1.165, 1.54) is 11.1 Å². The molecule has 2 nitrogen and oxygen atoms in total. The summed E-state index contributed by atoms with van der Waals surface area (Å²) >= 11 is 0. The number of rotatable bonds is 6. The summed E-state index contributed by atoms with van der Waals surface area (Å²) < 4.78 is 0. The number of carbonyl (C=O) groups is 1. The SMILES string of the molecule is CCNCC(C)C(=O)Cc1cc(C)cc(C)c1. The lowest BCUT2D eigenvalue weighted by Gasteiger charge is -2.11. The number of Topliss-reactive ketones (excluding diaryl/α,β-unsaturated/α-hetero) is 1. The van der Waals surface area contributed by atoms with Crippen LogP contribution in [-0.4, -0.2) is 18.9 Å². The number of carbonyl (C=O) groups excluding carboxylic acids is 1. The van der Waals surface area contributed by atoms with Crippen LogP contribution in [0.1, 0.15) is 30.5 Å². The first-order valence-electron chi connectivity index (χ1n) is 6.33. The molecule has 1 aromatic carbocycles. The molecule has 1 N–H and O–H groups in total. The summed E-state index contributed by atoms with van der Waals surface area (Å²) in [5, 5.41) is 3.22. The Kier molecular flexibility index (Phi) is 5.36. The molecule has 0 fully saturated rings. The quantitative estimate of drug-likeness (QED) is 0.818. The molecule has 0 heterocycles. The molecule has 2 heteroatoms. The maximum atomic E-state index is 12.0. The lowest BCUT2D eigenvalue weighted by molar-refractivity contribution is -0.121. The van der Waals surface area contributed by atoms with Crippen LogP contribution in [0, 0.1) is 19.8 Å². The van der Waals surface area contributed by atoms with Gasteiger partial charge in [0.2, 0.25) is 0 Å². The van der Waals surface area contributed by atoms with Gasteiger partial charge in [0.1, 0.15) is 5.78 Å². The molecule has 0 amide bonds. The van der Waals surface area contributed by atoms with E-state index in [4.69, 9.17) is 0 Å². The van der Waals surface area contributed by atoms with Gasteiger partial charge in [-0.05, 0) is 26.0 Å². The Labute approximate surface area is 104 Å². The van der Waals surface area contributed by atoms with E-state index in [1.807, 2.05) is 6.92 Å². The Hall–Kier alpha value is -1.15. The first kappa shape index (κ1) is 13.9. The molecular formula is C15H23NO. The highest BCUT2D eigenvalue weighted by atomic mass is 16.1. The van der Waals surface area contributed by atoms with Gasteiger partial charge in [-0.15, -0.1) is 0 Å². The number of hydrogen-bond donors (Lipinski definition) is 1. The van der Waals surface area contributed by atoms with Crippen molar-refractivity contribution in [3.8, 4) is 0 Å². The zero-order valence-corrected chi connectivity index (χ0v) is 11.3. The van der Waals surface area contributed by atoms with Gasteiger partial charge in [-0.2, -0.15) is 0 Å². The van der Waals surface area contributed by atoms with E-state index in [0.717, 1.165) is 18.7 Å². The largest absolute Gasteiger partial charge is 0.316 e. The van der Waals surface area contributed by atoms with Crippen LogP contribution in [0.25, 0.3) is 0 Å². The van der Waals surface area contributed by atoms with Crippen LogP contribution >= 0.6 is 0 Å². The maximum absolute atomic E-state index is 12.0. The molecule has 0 aliphatic heterocycles. The van der Waals surface area contributed by atoms with E-state index in [2.05, 4.69) is 44.3 Å². The fourth-order valence-electron chi connectivity index (χ4n) is 2.02. The summed E-state index contributed by atoms with van der Waals surface area (Å²) in [5.74, 6) is 0.409. The van der Waals surface area contributed by atoms with Crippen molar-refractivity contribution >= 4 is 5.78 Å². The highest BCUT2D eigenvalue weighted by Gasteiger charge is 2.13. The minimum Gasteiger partial charge on any atom is -0.316 e. The lowest BCUT2D eigenvalue weighted by Crippen LogP contribution is -2.27. The van der Waals surface area contributed by atoms with E-state index in [9.17, 15) is 4.79 Å². The van der Waals surface area contributed by atoms with Crippen molar-refractivity contribution in [2.75, 3.05) is 13.1 Å². The molecule has 1 aromatic rings. The molecule has 1 unspecified atom stereocenters. The van der Waals surface area contributed by atoms with Crippen molar-refractivity contribution in [3.63, 3.8) is 0 Å². The van der Waals surface area contributed by atoms with E-state index in [0.29, 0.717) is 12.2 Å². The summed E-state index contributed by atoms with van der Waals surface area (Å²) in [6.07, 6.45) is 0.551. The molecule has 0 aromatic heterocycles. The van der Waals surface area contributed by atoms with Crippen molar-refractivity contribution in [1.82, 2.24) is 5.32 Å². The first-order chi connectivity index (χ1) is 8.02. The number of ketones is 1. The highest BCUT2D eigenvalue weighted by molar-refractivity contribution is 5.83. The molecule has 0 aliphatic rings. The molecule has 1 rings (SSSR count). The summed E-state index contributed by atoms with van der Waals surface area (Å²) in [7, 11) is 0. The van der Waals surface area contributed by atoms with Crippen LogP contribution in [0.2, 0.25) is 0 Å². The van der Waals surface area contributed by atoms with Gasteiger partial charge in [0.05, 0.1) is 0 Å². The average Bonchev–Trinajstić information content (AvgIpc) is 2.24. The normalized spacial score (nSPS) is 12.5. The van der Waals surface area contributed by atoms with Gasteiger partial charge < -0.3 is 5.32 Å². The number of hydrogen-bond acceptors (Lipinski definition) is 2. The standard InChI is InChI=1S/C15H23NO/c1-5-16-10-13(4)15(17)9-14-7-11(2)6-12(3)8-14/h6-8,13,16H,5,9-10H2,1-4H3. The lowest BCUT2D eigenvalue weighted by atomic mass is 9.97. The average molecular weight is 233 g/mol. The van der Waals surface area contributed by atoms with Crippen molar-refractivity contribution in [2.24, 2.45) is 5.92 Å². The molecule has 0 bridgehead atoms. The monoisotopic (exact) mass is 233 g/mol. The summed E-state index contributed by atoms with van der Waals surface area (Å²) in [6.45, 7) is 9.89. The fourth-order valence-corrected chi connectivity index (χ4v) is 2.02. The molecule has 1 atom stereocenters. The summed E-state index contributed by atoms with van der Waals surface area (Å²) in [5.41, 5.74) is 3.59. The second kappa shape index (κ2) is 6.55. The van der Waals surface area contributed by atoms with Gasteiger partial charge in [0.15, 0.2) is 0 Å². The van der Waals surface area contributed by atoms with Gasteiger partial charge >= 0.3 is 0 Å². The summed E-state index contributed by atoms with van der Waals surface area (Å²) in [4.78, 5) is 12.0. The first-order valence-corrected chi connectivity index (χ1v) is 6.33. The molecule has 0 saturated carbocycles. The van der Waals surface area contributed by atoms with Crippen molar-refractivity contribution in [3.05, 3.63) is 34.9 Å². The van der Waals surface area contributed by atoms with E-state index >= 15 is 0 Å². The molecule has 0 saturated heterocycles.